The third kappa shape index (κ3) is 3.63. The quantitative estimate of drug-likeness (QED) is 0.723. The summed E-state index contributed by atoms with van der Waals surface area (Å²) in [4.78, 5) is 38.4. The van der Waals surface area contributed by atoms with Crippen molar-refractivity contribution in [3.63, 3.8) is 0 Å². The molecule has 2 aromatic rings. The van der Waals surface area contributed by atoms with Crippen molar-refractivity contribution >= 4 is 46.7 Å². The summed E-state index contributed by atoms with van der Waals surface area (Å²) < 4.78 is 5.05. The fourth-order valence-electron chi connectivity index (χ4n) is 2.98. The van der Waals surface area contributed by atoms with Gasteiger partial charge in [-0.15, -0.1) is 0 Å². The van der Waals surface area contributed by atoms with Gasteiger partial charge in [-0.3, -0.25) is 14.5 Å². The fraction of sp³-hybridized carbons (Fsp3) is 0.211. The Balaban J connectivity index is 1.75. The molecular formula is C19H17Cl2N3O4. The molecule has 7 nitrogen and oxygen atoms in total. The molecule has 1 heterocycles. The van der Waals surface area contributed by atoms with Crippen LogP contribution >= 0.6 is 23.2 Å². The van der Waals surface area contributed by atoms with Gasteiger partial charge in [0.05, 0.1) is 12.1 Å². The van der Waals surface area contributed by atoms with Gasteiger partial charge in [-0.25, -0.2) is 4.79 Å². The summed E-state index contributed by atoms with van der Waals surface area (Å²) in [5.74, 6) is -0.647. The average Bonchev–Trinajstić information content (AvgIpc) is 2.86. The van der Waals surface area contributed by atoms with Crippen molar-refractivity contribution in [1.82, 2.24) is 10.2 Å². The molecule has 1 atom stereocenters. The van der Waals surface area contributed by atoms with Crippen molar-refractivity contribution < 1.29 is 19.1 Å². The number of anilines is 1. The molecule has 146 valence electrons. The van der Waals surface area contributed by atoms with Crippen molar-refractivity contribution in [1.29, 1.82) is 0 Å². The van der Waals surface area contributed by atoms with Crippen LogP contribution in [0.15, 0.2) is 42.5 Å². The van der Waals surface area contributed by atoms with Crippen molar-refractivity contribution in [2.45, 2.75) is 12.5 Å². The molecule has 9 heteroatoms. The lowest BCUT2D eigenvalue weighted by atomic mass is 9.92. The van der Waals surface area contributed by atoms with E-state index in [4.69, 9.17) is 27.9 Å². The summed E-state index contributed by atoms with van der Waals surface area (Å²) in [6, 6.07) is 10.8. The maximum absolute atomic E-state index is 12.9. The summed E-state index contributed by atoms with van der Waals surface area (Å²) >= 11 is 12.2. The molecule has 1 saturated heterocycles. The van der Waals surface area contributed by atoms with Crippen LogP contribution in [0.5, 0.6) is 5.75 Å². The highest BCUT2D eigenvalue weighted by molar-refractivity contribution is 6.32. The number of carbonyl (C=O) groups is 3. The minimum absolute atomic E-state index is 0.321. The molecule has 1 aliphatic heterocycles. The first-order chi connectivity index (χ1) is 13.3. The molecule has 2 aromatic carbocycles. The Morgan fingerprint density at radius 2 is 1.89 bits per heavy atom. The highest BCUT2D eigenvalue weighted by atomic mass is 35.5. The second kappa shape index (κ2) is 7.69. The lowest BCUT2D eigenvalue weighted by molar-refractivity contribution is -0.133. The molecule has 0 aliphatic carbocycles. The highest BCUT2D eigenvalue weighted by Gasteiger charge is 2.50. The number of amides is 4. The standard InChI is InChI=1S/C19H17Cl2N3O4/c1-19(12-5-3-4-6-13(12)20)17(26)24(18(27)23-19)10-16(25)22-11-7-8-15(28-2)14(21)9-11/h3-9H,10H2,1-2H3,(H,22,25)(H,23,27)/t19-/m1/s1. The summed E-state index contributed by atoms with van der Waals surface area (Å²) in [6.07, 6.45) is 0. The summed E-state index contributed by atoms with van der Waals surface area (Å²) in [7, 11) is 1.48. The second-order valence-corrected chi connectivity index (χ2v) is 7.14. The molecule has 0 bridgehead atoms. The van der Waals surface area contributed by atoms with E-state index in [0.29, 0.717) is 27.0 Å². The van der Waals surface area contributed by atoms with Crippen LogP contribution in [0.25, 0.3) is 0 Å². The van der Waals surface area contributed by atoms with Crippen LogP contribution in [0.3, 0.4) is 0 Å². The zero-order valence-corrected chi connectivity index (χ0v) is 16.6. The van der Waals surface area contributed by atoms with Gasteiger partial charge in [0.2, 0.25) is 5.91 Å². The van der Waals surface area contributed by atoms with Crippen molar-refractivity contribution in [3.8, 4) is 5.75 Å². The molecule has 0 unspecified atom stereocenters. The van der Waals surface area contributed by atoms with Crippen LogP contribution in [0.2, 0.25) is 10.0 Å². The Hall–Kier alpha value is -2.77. The number of imide groups is 1. The fourth-order valence-corrected chi connectivity index (χ4v) is 3.56. The molecule has 1 fully saturated rings. The van der Waals surface area contributed by atoms with E-state index in [1.54, 1.807) is 43.3 Å². The van der Waals surface area contributed by atoms with Gasteiger partial charge in [-0.1, -0.05) is 41.4 Å². The molecule has 4 amide bonds. The van der Waals surface area contributed by atoms with E-state index < -0.39 is 29.9 Å². The first-order valence-corrected chi connectivity index (χ1v) is 9.04. The Morgan fingerprint density at radius 3 is 2.54 bits per heavy atom. The van der Waals surface area contributed by atoms with Crippen molar-refractivity contribution in [2.75, 3.05) is 19.0 Å². The number of carbonyl (C=O) groups excluding carboxylic acids is 3. The number of methoxy groups -OCH3 is 1. The average molecular weight is 422 g/mol. The monoisotopic (exact) mass is 421 g/mol. The summed E-state index contributed by atoms with van der Waals surface area (Å²) in [6.45, 7) is 1.10. The molecule has 0 aromatic heterocycles. The van der Waals surface area contributed by atoms with Gasteiger partial charge in [0.15, 0.2) is 0 Å². The van der Waals surface area contributed by atoms with Gasteiger partial charge in [0.25, 0.3) is 5.91 Å². The van der Waals surface area contributed by atoms with Crippen LogP contribution in [0.1, 0.15) is 12.5 Å². The van der Waals surface area contributed by atoms with Crippen LogP contribution in [-0.2, 0) is 15.1 Å². The molecular weight excluding hydrogens is 405 g/mol. The number of urea groups is 1. The number of nitrogens with zero attached hydrogens (tertiary/aromatic N) is 1. The van der Waals surface area contributed by atoms with Gasteiger partial charge in [-0.05, 0) is 31.2 Å². The smallest absolute Gasteiger partial charge is 0.325 e. The van der Waals surface area contributed by atoms with Gasteiger partial charge in [0, 0.05) is 16.3 Å². The number of ether oxygens (including phenoxy) is 1. The lowest BCUT2D eigenvalue weighted by Gasteiger charge is -2.23. The number of benzene rings is 2. The summed E-state index contributed by atoms with van der Waals surface area (Å²) in [5, 5.41) is 5.88. The van der Waals surface area contributed by atoms with E-state index in [1.807, 2.05) is 0 Å². The van der Waals surface area contributed by atoms with E-state index in [1.165, 1.54) is 13.2 Å². The normalized spacial score (nSPS) is 18.8. The van der Waals surface area contributed by atoms with E-state index in [0.717, 1.165) is 4.90 Å². The van der Waals surface area contributed by atoms with Crippen LogP contribution in [-0.4, -0.2) is 36.4 Å². The zero-order chi connectivity index (χ0) is 20.5. The van der Waals surface area contributed by atoms with Gasteiger partial charge in [0.1, 0.15) is 17.8 Å². The number of hydrogen-bond acceptors (Lipinski definition) is 4. The minimum Gasteiger partial charge on any atom is -0.495 e. The maximum Gasteiger partial charge on any atom is 0.325 e. The second-order valence-electron chi connectivity index (χ2n) is 6.32. The third-order valence-corrected chi connectivity index (χ3v) is 5.05. The Morgan fingerprint density at radius 1 is 1.18 bits per heavy atom. The van der Waals surface area contributed by atoms with E-state index in [9.17, 15) is 14.4 Å². The molecule has 1 aliphatic rings. The van der Waals surface area contributed by atoms with Crippen molar-refractivity contribution in [2.24, 2.45) is 0 Å². The molecule has 3 rings (SSSR count). The Kier molecular flexibility index (Phi) is 5.49. The zero-order valence-electron chi connectivity index (χ0n) is 15.1. The van der Waals surface area contributed by atoms with Gasteiger partial charge < -0.3 is 15.4 Å². The SMILES string of the molecule is COc1ccc(NC(=O)CN2C(=O)N[C@](C)(c3ccccc3Cl)C2=O)cc1Cl. The number of rotatable bonds is 5. The van der Waals surface area contributed by atoms with Crippen LogP contribution in [0, 0.1) is 0 Å². The molecule has 0 radical (unpaired) electrons. The highest BCUT2D eigenvalue weighted by Crippen LogP contribution is 2.33. The predicted molar refractivity (Wildman–Crippen MR) is 106 cm³/mol. The van der Waals surface area contributed by atoms with Crippen LogP contribution < -0.4 is 15.4 Å². The summed E-state index contributed by atoms with van der Waals surface area (Å²) in [5.41, 5.74) is -0.476. The maximum atomic E-state index is 12.9. The largest absolute Gasteiger partial charge is 0.495 e. The molecule has 2 N–H and O–H groups in total. The topological polar surface area (TPSA) is 87.7 Å². The van der Waals surface area contributed by atoms with Gasteiger partial charge in [-0.2, -0.15) is 0 Å². The van der Waals surface area contributed by atoms with Crippen LogP contribution in [0.4, 0.5) is 10.5 Å². The predicted octanol–water partition coefficient (Wildman–Crippen LogP) is 3.41. The van der Waals surface area contributed by atoms with Crippen molar-refractivity contribution in [3.05, 3.63) is 58.1 Å². The molecule has 28 heavy (non-hydrogen) atoms. The number of nitrogens with one attached hydrogen (secondary N) is 2. The molecule has 0 spiro atoms. The van der Waals surface area contributed by atoms with E-state index in [-0.39, 0.29) is 0 Å². The third-order valence-electron chi connectivity index (χ3n) is 4.42. The first-order valence-electron chi connectivity index (χ1n) is 8.29. The Labute approximate surface area is 171 Å². The molecule has 0 saturated carbocycles. The number of halogens is 2. The van der Waals surface area contributed by atoms with Gasteiger partial charge >= 0.3 is 6.03 Å². The Bertz CT molecular complexity index is 966. The minimum atomic E-state index is -1.35. The van der Waals surface area contributed by atoms with E-state index >= 15 is 0 Å². The first kappa shape index (κ1) is 20.0. The van der Waals surface area contributed by atoms with E-state index in [2.05, 4.69) is 10.6 Å². The lowest BCUT2D eigenvalue weighted by Crippen LogP contribution is -2.42. The number of hydrogen-bond donors (Lipinski definition) is 2.